The summed E-state index contributed by atoms with van der Waals surface area (Å²) in [4.78, 5) is 9.38. The second-order valence-electron chi connectivity index (χ2n) is 7.67. The van der Waals surface area contributed by atoms with Crippen molar-refractivity contribution in [3.63, 3.8) is 0 Å². The number of fused-ring (bicyclic) bond motifs is 1. The first-order valence-electron chi connectivity index (χ1n) is 9.53. The van der Waals surface area contributed by atoms with Gasteiger partial charge in [0.1, 0.15) is 5.82 Å². The van der Waals surface area contributed by atoms with Gasteiger partial charge in [-0.15, -0.1) is 5.10 Å². The highest BCUT2D eigenvalue weighted by Gasteiger charge is 2.44. The molecule has 0 radical (unpaired) electrons. The second-order valence-corrected chi connectivity index (χ2v) is 7.67. The van der Waals surface area contributed by atoms with Crippen LogP contribution in [0.1, 0.15) is 24.1 Å². The van der Waals surface area contributed by atoms with Gasteiger partial charge >= 0.3 is 0 Å². The molecule has 1 saturated carbocycles. The molecule has 0 amide bonds. The van der Waals surface area contributed by atoms with Crippen LogP contribution in [0.3, 0.4) is 0 Å². The Labute approximate surface area is 155 Å². The van der Waals surface area contributed by atoms with E-state index in [1.54, 1.807) is 0 Å². The average molecular weight is 352 g/mol. The van der Waals surface area contributed by atoms with Crippen LogP contribution in [-0.4, -0.2) is 53.3 Å². The minimum atomic E-state index is 0.555. The van der Waals surface area contributed by atoms with Crippen molar-refractivity contribution in [1.29, 1.82) is 0 Å². The molecule has 6 heteroatoms. The van der Waals surface area contributed by atoms with Crippen LogP contribution in [0.15, 0.2) is 30.5 Å². The molecule has 3 atom stereocenters. The maximum absolute atomic E-state index is 4.44. The van der Waals surface area contributed by atoms with Gasteiger partial charge in [-0.05, 0) is 49.8 Å². The number of rotatable bonds is 5. The van der Waals surface area contributed by atoms with E-state index in [0.717, 1.165) is 36.3 Å². The van der Waals surface area contributed by atoms with Gasteiger partial charge in [0.05, 0.1) is 5.69 Å². The predicted octanol–water partition coefficient (Wildman–Crippen LogP) is 2.57. The third kappa shape index (κ3) is 3.26. The van der Waals surface area contributed by atoms with Crippen LogP contribution < -0.4 is 10.2 Å². The summed E-state index contributed by atoms with van der Waals surface area (Å²) in [5.41, 5.74) is 2.25. The van der Waals surface area contributed by atoms with Gasteiger partial charge in [-0.3, -0.25) is 4.90 Å². The Kier molecular flexibility index (Phi) is 4.76. The van der Waals surface area contributed by atoms with Crippen molar-refractivity contribution in [3.05, 3.63) is 41.7 Å². The number of nitrogens with zero attached hydrogens (tertiary/aromatic N) is 5. The molecule has 4 rings (SSSR count). The highest BCUT2D eigenvalue weighted by Crippen LogP contribution is 2.41. The quantitative estimate of drug-likeness (QED) is 0.893. The fraction of sp³-hybridized carbons (Fsp3) is 0.550. The van der Waals surface area contributed by atoms with Gasteiger partial charge in [0.2, 0.25) is 0 Å². The van der Waals surface area contributed by atoms with Gasteiger partial charge in [0, 0.05) is 51.5 Å². The molecule has 1 aliphatic heterocycles. The third-order valence-corrected chi connectivity index (χ3v) is 6.06. The molecule has 1 N–H and O–H groups in total. The van der Waals surface area contributed by atoms with Crippen molar-refractivity contribution in [2.75, 3.05) is 37.4 Å². The monoisotopic (exact) mass is 352 g/mol. The molecule has 1 aliphatic carbocycles. The van der Waals surface area contributed by atoms with Crippen molar-refractivity contribution < 1.29 is 0 Å². The molecule has 26 heavy (non-hydrogen) atoms. The summed E-state index contributed by atoms with van der Waals surface area (Å²) in [6.45, 7) is 5.29. The summed E-state index contributed by atoms with van der Waals surface area (Å²) in [6, 6.07) is 8.91. The summed E-state index contributed by atoms with van der Waals surface area (Å²) in [6.07, 6.45) is 4.41. The average Bonchev–Trinajstić information content (AvgIpc) is 3.22. The van der Waals surface area contributed by atoms with Crippen LogP contribution in [-0.2, 0) is 6.54 Å². The number of aryl methyl sites for hydroxylation is 1. The lowest BCUT2D eigenvalue weighted by molar-refractivity contribution is 0.297. The number of likely N-dealkylation sites (tertiary alicyclic amines) is 1. The molecular formula is C20H28N6. The molecule has 2 aliphatic rings. The first-order chi connectivity index (χ1) is 12.7. The van der Waals surface area contributed by atoms with E-state index in [1.807, 2.05) is 32.3 Å². The van der Waals surface area contributed by atoms with E-state index in [4.69, 9.17) is 0 Å². The maximum atomic E-state index is 4.44. The maximum Gasteiger partial charge on any atom is 0.151 e. The molecule has 1 saturated heterocycles. The summed E-state index contributed by atoms with van der Waals surface area (Å²) in [5, 5.41) is 11.8. The summed E-state index contributed by atoms with van der Waals surface area (Å²) in [7, 11) is 4.12. The predicted molar refractivity (Wildman–Crippen MR) is 104 cm³/mol. The van der Waals surface area contributed by atoms with Gasteiger partial charge in [0.15, 0.2) is 5.82 Å². The molecule has 2 aromatic rings. The van der Waals surface area contributed by atoms with E-state index in [-0.39, 0.29) is 0 Å². The summed E-state index contributed by atoms with van der Waals surface area (Å²) in [5.74, 6) is 3.48. The number of anilines is 2. The molecule has 0 unspecified atom stereocenters. The smallest absolute Gasteiger partial charge is 0.151 e. The Morgan fingerprint density at radius 1 is 1.19 bits per heavy atom. The lowest BCUT2D eigenvalue weighted by Gasteiger charge is -2.30. The first kappa shape index (κ1) is 17.2. The highest BCUT2D eigenvalue weighted by atomic mass is 15.3. The standard InChI is InChI=1S/C20H28N6/c1-14-6-9-19(24-23-14)25(3)18-8-7-15-11-26(13-17(15)18)12-16-5-4-10-22-20(16)21-2/h4-6,9-10,15,17-18H,7-8,11-13H2,1-3H3,(H,21,22)/t15-,17+,18-/m1/s1. The number of pyridine rings is 1. The van der Waals surface area contributed by atoms with E-state index in [9.17, 15) is 0 Å². The van der Waals surface area contributed by atoms with Gasteiger partial charge in [-0.2, -0.15) is 5.10 Å². The Morgan fingerprint density at radius 2 is 2.08 bits per heavy atom. The number of hydrogen-bond acceptors (Lipinski definition) is 6. The van der Waals surface area contributed by atoms with Crippen LogP contribution in [0.4, 0.5) is 11.6 Å². The Balaban J connectivity index is 1.44. The van der Waals surface area contributed by atoms with E-state index in [1.165, 1.54) is 24.9 Å². The Hall–Kier alpha value is -2.21. The van der Waals surface area contributed by atoms with E-state index >= 15 is 0 Å². The normalized spacial score (nSPS) is 25.3. The minimum absolute atomic E-state index is 0.555. The zero-order chi connectivity index (χ0) is 18.1. The molecule has 0 aromatic carbocycles. The minimum Gasteiger partial charge on any atom is -0.373 e. The Morgan fingerprint density at radius 3 is 2.85 bits per heavy atom. The molecule has 0 spiro atoms. The van der Waals surface area contributed by atoms with Crippen molar-refractivity contribution in [2.24, 2.45) is 11.8 Å². The zero-order valence-electron chi connectivity index (χ0n) is 15.9. The molecule has 6 nitrogen and oxygen atoms in total. The lowest BCUT2D eigenvalue weighted by atomic mass is 9.97. The van der Waals surface area contributed by atoms with Gasteiger partial charge in [-0.1, -0.05) is 6.07 Å². The van der Waals surface area contributed by atoms with E-state index < -0.39 is 0 Å². The second kappa shape index (κ2) is 7.19. The van der Waals surface area contributed by atoms with E-state index in [0.29, 0.717) is 12.0 Å². The molecule has 2 fully saturated rings. The lowest BCUT2D eigenvalue weighted by Crippen LogP contribution is -2.38. The van der Waals surface area contributed by atoms with Gasteiger partial charge in [-0.25, -0.2) is 4.98 Å². The summed E-state index contributed by atoms with van der Waals surface area (Å²) < 4.78 is 0. The van der Waals surface area contributed by atoms with Crippen LogP contribution in [0.2, 0.25) is 0 Å². The van der Waals surface area contributed by atoms with Gasteiger partial charge in [0.25, 0.3) is 0 Å². The topological polar surface area (TPSA) is 57.2 Å². The van der Waals surface area contributed by atoms with Gasteiger partial charge < -0.3 is 10.2 Å². The van der Waals surface area contributed by atoms with Crippen molar-refractivity contribution in [1.82, 2.24) is 20.1 Å². The summed E-state index contributed by atoms with van der Waals surface area (Å²) >= 11 is 0. The number of nitrogens with one attached hydrogen (secondary N) is 1. The molecule has 2 aromatic heterocycles. The van der Waals surface area contributed by atoms with Crippen LogP contribution in [0.5, 0.6) is 0 Å². The SMILES string of the molecule is CNc1ncccc1CN1C[C@H]2CC[C@@H](N(C)c3ccc(C)nn3)[C@H]2C1. The molecule has 3 heterocycles. The van der Waals surface area contributed by atoms with Crippen LogP contribution >= 0.6 is 0 Å². The largest absolute Gasteiger partial charge is 0.373 e. The zero-order valence-corrected chi connectivity index (χ0v) is 15.9. The van der Waals surface area contributed by atoms with Crippen molar-refractivity contribution in [2.45, 2.75) is 32.4 Å². The number of aromatic nitrogens is 3. The number of hydrogen-bond donors (Lipinski definition) is 1. The third-order valence-electron chi connectivity index (χ3n) is 6.06. The molecule has 0 bridgehead atoms. The Bertz CT molecular complexity index is 746. The highest BCUT2D eigenvalue weighted by molar-refractivity contribution is 5.43. The van der Waals surface area contributed by atoms with Crippen molar-refractivity contribution >= 4 is 11.6 Å². The molecular weight excluding hydrogens is 324 g/mol. The fourth-order valence-corrected chi connectivity index (χ4v) is 4.72. The molecule has 138 valence electrons. The van der Waals surface area contributed by atoms with E-state index in [2.05, 4.69) is 49.5 Å². The van der Waals surface area contributed by atoms with Crippen LogP contribution in [0, 0.1) is 18.8 Å². The van der Waals surface area contributed by atoms with Crippen LogP contribution in [0.25, 0.3) is 0 Å². The first-order valence-corrected chi connectivity index (χ1v) is 9.53. The van der Waals surface area contributed by atoms with Crippen molar-refractivity contribution in [3.8, 4) is 0 Å². The fourth-order valence-electron chi connectivity index (χ4n) is 4.72.